The van der Waals surface area contributed by atoms with Gasteiger partial charge in [-0.05, 0) is 43.2 Å². The Morgan fingerprint density at radius 2 is 1.85 bits per heavy atom. The van der Waals surface area contributed by atoms with E-state index in [1.807, 2.05) is 6.07 Å². The van der Waals surface area contributed by atoms with E-state index in [1.54, 1.807) is 6.20 Å². The van der Waals surface area contributed by atoms with E-state index >= 15 is 0 Å². The van der Waals surface area contributed by atoms with Gasteiger partial charge in [0, 0.05) is 11.6 Å². The van der Waals surface area contributed by atoms with Gasteiger partial charge in [-0.25, -0.2) is 0 Å². The molecule has 2 nitrogen and oxygen atoms in total. The van der Waals surface area contributed by atoms with Crippen molar-refractivity contribution in [3.63, 3.8) is 0 Å². The maximum Gasteiger partial charge on any atom is 0.134 e. The monoisotopic (exact) mass is 175 g/mol. The zero-order valence-corrected chi connectivity index (χ0v) is 7.53. The zero-order chi connectivity index (χ0) is 8.84. The third-order valence-corrected chi connectivity index (χ3v) is 2.92. The first-order valence-electron chi connectivity index (χ1n) is 5.03. The molecule has 0 aliphatic heterocycles. The molecule has 0 unspecified atom stereocenters. The van der Waals surface area contributed by atoms with E-state index < -0.39 is 0 Å². The number of aromatic hydroxyl groups is 1. The summed E-state index contributed by atoms with van der Waals surface area (Å²) in [5, 5.41) is 9.35. The van der Waals surface area contributed by atoms with Crippen LogP contribution >= 0.6 is 0 Å². The van der Waals surface area contributed by atoms with Crippen LogP contribution in [0.25, 0.3) is 0 Å². The summed E-state index contributed by atoms with van der Waals surface area (Å²) >= 11 is 0. The van der Waals surface area contributed by atoms with E-state index in [4.69, 9.17) is 0 Å². The molecule has 0 spiro atoms. The standard InChI is InChI=1S/C11H13NO/c13-9-5-10(7-1-2-7)11(12-6-9)8-3-4-8/h5-8,13H,1-4H2. The van der Waals surface area contributed by atoms with Gasteiger partial charge in [0.1, 0.15) is 5.75 Å². The number of rotatable bonds is 2. The topological polar surface area (TPSA) is 33.1 Å². The van der Waals surface area contributed by atoms with E-state index in [2.05, 4.69) is 4.98 Å². The maximum atomic E-state index is 9.35. The van der Waals surface area contributed by atoms with Crippen molar-refractivity contribution in [3.8, 4) is 5.75 Å². The summed E-state index contributed by atoms with van der Waals surface area (Å²) in [7, 11) is 0. The van der Waals surface area contributed by atoms with Crippen LogP contribution in [0.4, 0.5) is 0 Å². The minimum atomic E-state index is 0.325. The summed E-state index contributed by atoms with van der Waals surface area (Å²) in [6.07, 6.45) is 6.73. The number of hydrogen-bond donors (Lipinski definition) is 1. The van der Waals surface area contributed by atoms with Crippen molar-refractivity contribution in [1.29, 1.82) is 0 Å². The van der Waals surface area contributed by atoms with Gasteiger partial charge < -0.3 is 5.11 Å². The minimum absolute atomic E-state index is 0.325. The number of hydrogen-bond acceptors (Lipinski definition) is 2. The van der Waals surface area contributed by atoms with Crippen LogP contribution in [0, 0.1) is 0 Å². The van der Waals surface area contributed by atoms with E-state index in [0.29, 0.717) is 17.6 Å². The van der Waals surface area contributed by atoms with Crippen LogP contribution in [0.5, 0.6) is 5.75 Å². The molecule has 1 aromatic rings. The summed E-state index contributed by atoms with van der Waals surface area (Å²) in [5.41, 5.74) is 2.59. The highest BCUT2D eigenvalue weighted by atomic mass is 16.3. The second-order valence-electron chi connectivity index (χ2n) is 4.22. The molecule has 1 aromatic heterocycles. The van der Waals surface area contributed by atoms with Crippen LogP contribution < -0.4 is 0 Å². The Bertz CT molecular complexity index is 340. The summed E-state index contributed by atoms with van der Waals surface area (Å²) in [5.74, 6) is 1.73. The fraction of sp³-hybridized carbons (Fsp3) is 0.545. The SMILES string of the molecule is Oc1cnc(C2CC2)c(C2CC2)c1. The molecule has 0 radical (unpaired) electrons. The predicted molar refractivity (Wildman–Crippen MR) is 49.9 cm³/mol. The van der Waals surface area contributed by atoms with Gasteiger partial charge in [0.2, 0.25) is 0 Å². The van der Waals surface area contributed by atoms with E-state index in [-0.39, 0.29) is 0 Å². The second kappa shape index (κ2) is 2.47. The van der Waals surface area contributed by atoms with Crippen molar-refractivity contribution >= 4 is 0 Å². The van der Waals surface area contributed by atoms with Crippen LogP contribution in [0.1, 0.15) is 48.8 Å². The highest BCUT2D eigenvalue weighted by Crippen LogP contribution is 2.48. The van der Waals surface area contributed by atoms with Gasteiger partial charge in [0.05, 0.1) is 6.20 Å². The lowest BCUT2D eigenvalue weighted by atomic mass is 10.1. The molecular weight excluding hydrogens is 162 g/mol. The smallest absolute Gasteiger partial charge is 0.134 e. The van der Waals surface area contributed by atoms with Crippen molar-refractivity contribution in [2.45, 2.75) is 37.5 Å². The molecule has 1 N–H and O–H groups in total. The van der Waals surface area contributed by atoms with Crippen LogP contribution in [0.15, 0.2) is 12.3 Å². The van der Waals surface area contributed by atoms with Crippen LogP contribution in [0.2, 0.25) is 0 Å². The lowest BCUT2D eigenvalue weighted by Gasteiger charge is -2.06. The first-order chi connectivity index (χ1) is 6.34. The predicted octanol–water partition coefficient (Wildman–Crippen LogP) is 2.54. The van der Waals surface area contributed by atoms with Crippen molar-refractivity contribution in [2.24, 2.45) is 0 Å². The molecule has 0 amide bonds. The van der Waals surface area contributed by atoms with Gasteiger partial charge in [-0.1, -0.05) is 0 Å². The molecule has 2 fully saturated rings. The maximum absolute atomic E-state index is 9.35. The fourth-order valence-corrected chi connectivity index (χ4v) is 1.90. The molecular formula is C11H13NO. The first-order valence-corrected chi connectivity index (χ1v) is 5.03. The van der Waals surface area contributed by atoms with E-state index in [1.165, 1.54) is 36.9 Å². The molecule has 0 saturated heterocycles. The Morgan fingerprint density at radius 3 is 2.46 bits per heavy atom. The van der Waals surface area contributed by atoms with E-state index in [9.17, 15) is 5.11 Å². The lowest BCUT2D eigenvalue weighted by molar-refractivity contribution is 0.471. The van der Waals surface area contributed by atoms with Gasteiger partial charge in [-0.15, -0.1) is 0 Å². The third kappa shape index (κ3) is 1.30. The van der Waals surface area contributed by atoms with Gasteiger partial charge in [0.15, 0.2) is 0 Å². The normalized spacial score (nSPS) is 21.8. The summed E-state index contributed by atoms with van der Waals surface area (Å²) in [6, 6.07) is 1.92. The Balaban J connectivity index is 2.04. The van der Waals surface area contributed by atoms with Gasteiger partial charge in [-0.2, -0.15) is 0 Å². The number of nitrogens with zero attached hydrogens (tertiary/aromatic N) is 1. The van der Waals surface area contributed by atoms with Gasteiger partial charge in [0.25, 0.3) is 0 Å². The average Bonchev–Trinajstić information content (AvgIpc) is 3.00. The molecule has 68 valence electrons. The molecule has 0 bridgehead atoms. The van der Waals surface area contributed by atoms with Crippen molar-refractivity contribution in [3.05, 3.63) is 23.5 Å². The quantitative estimate of drug-likeness (QED) is 0.749. The molecule has 2 heteroatoms. The lowest BCUT2D eigenvalue weighted by Crippen LogP contribution is -1.93. The Hall–Kier alpha value is -1.05. The number of aromatic nitrogens is 1. The average molecular weight is 175 g/mol. The van der Waals surface area contributed by atoms with Crippen molar-refractivity contribution < 1.29 is 5.11 Å². The largest absolute Gasteiger partial charge is 0.506 e. The highest BCUT2D eigenvalue weighted by molar-refractivity contribution is 5.37. The third-order valence-electron chi connectivity index (χ3n) is 2.92. The Morgan fingerprint density at radius 1 is 1.15 bits per heavy atom. The molecule has 0 atom stereocenters. The summed E-state index contributed by atoms with van der Waals surface area (Å²) in [4.78, 5) is 4.35. The first kappa shape index (κ1) is 7.36. The molecule has 2 aliphatic rings. The Labute approximate surface area is 77.6 Å². The molecule has 3 rings (SSSR count). The van der Waals surface area contributed by atoms with Crippen LogP contribution in [0.3, 0.4) is 0 Å². The van der Waals surface area contributed by atoms with Crippen LogP contribution in [-0.4, -0.2) is 10.1 Å². The summed E-state index contributed by atoms with van der Waals surface area (Å²) < 4.78 is 0. The van der Waals surface area contributed by atoms with Gasteiger partial charge in [-0.3, -0.25) is 4.98 Å². The summed E-state index contributed by atoms with van der Waals surface area (Å²) in [6.45, 7) is 0. The molecule has 0 aromatic carbocycles. The molecule has 2 aliphatic carbocycles. The zero-order valence-electron chi connectivity index (χ0n) is 7.53. The number of pyridine rings is 1. The van der Waals surface area contributed by atoms with E-state index in [0.717, 1.165) is 0 Å². The van der Waals surface area contributed by atoms with Crippen molar-refractivity contribution in [1.82, 2.24) is 4.98 Å². The molecule has 1 heterocycles. The minimum Gasteiger partial charge on any atom is -0.506 e. The second-order valence-corrected chi connectivity index (χ2v) is 4.22. The van der Waals surface area contributed by atoms with Crippen LogP contribution in [-0.2, 0) is 0 Å². The molecule has 13 heavy (non-hydrogen) atoms. The fourth-order valence-electron chi connectivity index (χ4n) is 1.90. The van der Waals surface area contributed by atoms with Gasteiger partial charge >= 0.3 is 0 Å². The Kier molecular flexibility index (Phi) is 1.40. The highest BCUT2D eigenvalue weighted by Gasteiger charge is 2.33. The van der Waals surface area contributed by atoms with Crippen molar-refractivity contribution in [2.75, 3.05) is 0 Å². The molecule has 2 saturated carbocycles.